The number of rotatable bonds is 6. The summed E-state index contributed by atoms with van der Waals surface area (Å²) in [6.07, 6.45) is -13.3. The van der Waals surface area contributed by atoms with Crippen molar-refractivity contribution in [1.29, 1.82) is 0 Å². The number of aliphatic hydroxyl groups excluding tert-OH is 6. The van der Waals surface area contributed by atoms with Gasteiger partial charge >= 0.3 is 0 Å². The van der Waals surface area contributed by atoms with Crippen molar-refractivity contribution in [2.24, 2.45) is 22.9 Å². The van der Waals surface area contributed by atoms with Crippen molar-refractivity contribution in [2.45, 2.75) is 98.5 Å². The van der Waals surface area contributed by atoms with Crippen LogP contribution in [0.2, 0.25) is 0 Å². The second-order valence-corrected chi connectivity index (χ2v) is 8.68. The van der Waals surface area contributed by atoms with Gasteiger partial charge in [0.1, 0.15) is 48.8 Å². The van der Waals surface area contributed by atoms with Crippen molar-refractivity contribution in [1.82, 2.24) is 0 Å². The molecule has 0 spiro atoms. The standard InChI is InChI=1S/C18H36N4O10/c19-3-8-12(25)13(26)14(27)18(30-8)32-17-7(22)1-6(21)16(15(17)28)31-10-2-5(20)11(24)9(4-23)29-10/h5-18,23-28H,1-4,19-22H2. The Hall–Kier alpha value is -0.560. The van der Waals surface area contributed by atoms with Crippen molar-refractivity contribution in [2.75, 3.05) is 13.2 Å². The summed E-state index contributed by atoms with van der Waals surface area (Å²) in [5, 5.41) is 60.5. The third-order valence-corrected chi connectivity index (χ3v) is 6.35. The van der Waals surface area contributed by atoms with Crippen LogP contribution in [0.25, 0.3) is 0 Å². The molecule has 0 aromatic rings. The van der Waals surface area contributed by atoms with Gasteiger partial charge in [-0.1, -0.05) is 0 Å². The Bertz CT molecular complexity index is 606. The lowest BCUT2D eigenvalue weighted by Crippen LogP contribution is -2.67. The summed E-state index contributed by atoms with van der Waals surface area (Å²) in [5.74, 6) is 0. The largest absolute Gasteiger partial charge is 0.394 e. The average molecular weight is 469 g/mol. The van der Waals surface area contributed by atoms with E-state index in [1.54, 1.807) is 0 Å². The van der Waals surface area contributed by atoms with E-state index >= 15 is 0 Å². The van der Waals surface area contributed by atoms with E-state index in [0.717, 1.165) is 0 Å². The molecule has 0 aromatic carbocycles. The zero-order chi connectivity index (χ0) is 23.7. The van der Waals surface area contributed by atoms with Crippen molar-refractivity contribution >= 4 is 0 Å². The minimum atomic E-state index is -1.62. The van der Waals surface area contributed by atoms with Gasteiger partial charge in [-0.25, -0.2) is 0 Å². The van der Waals surface area contributed by atoms with E-state index in [2.05, 4.69) is 0 Å². The number of aliphatic hydroxyl groups is 6. The Balaban J connectivity index is 1.69. The highest BCUT2D eigenvalue weighted by Crippen LogP contribution is 2.31. The summed E-state index contributed by atoms with van der Waals surface area (Å²) in [4.78, 5) is 0. The van der Waals surface area contributed by atoms with Crippen molar-refractivity contribution in [3.05, 3.63) is 0 Å². The zero-order valence-electron chi connectivity index (χ0n) is 17.5. The smallest absolute Gasteiger partial charge is 0.187 e. The Morgan fingerprint density at radius 1 is 0.688 bits per heavy atom. The molecule has 14 N–H and O–H groups in total. The maximum Gasteiger partial charge on any atom is 0.187 e. The molecule has 188 valence electrons. The van der Waals surface area contributed by atoms with Crippen LogP contribution in [0, 0.1) is 0 Å². The van der Waals surface area contributed by atoms with E-state index in [1.807, 2.05) is 0 Å². The van der Waals surface area contributed by atoms with Gasteiger partial charge in [0, 0.05) is 31.1 Å². The Kier molecular flexibility index (Phi) is 8.79. The molecule has 2 heterocycles. The summed E-state index contributed by atoms with van der Waals surface area (Å²) in [5.41, 5.74) is 23.7. The zero-order valence-corrected chi connectivity index (χ0v) is 17.5. The Labute approximate surface area is 185 Å². The first-order valence-corrected chi connectivity index (χ1v) is 10.7. The first kappa shape index (κ1) is 26.1. The van der Waals surface area contributed by atoms with Gasteiger partial charge in [0.05, 0.1) is 12.7 Å². The average Bonchev–Trinajstić information content (AvgIpc) is 2.76. The number of hydrogen-bond acceptors (Lipinski definition) is 14. The lowest BCUT2D eigenvalue weighted by atomic mass is 9.84. The van der Waals surface area contributed by atoms with Crippen LogP contribution in [0.3, 0.4) is 0 Å². The molecule has 0 aromatic heterocycles. The van der Waals surface area contributed by atoms with Crippen LogP contribution in [0.5, 0.6) is 0 Å². The van der Waals surface area contributed by atoms with Crippen LogP contribution >= 0.6 is 0 Å². The van der Waals surface area contributed by atoms with E-state index in [1.165, 1.54) is 0 Å². The van der Waals surface area contributed by atoms with Crippen LogP contribution in [-0.4, -0.2) is 129 Å². The van der Waals surface area contributed by atoms with Gasteiger partial charge in [-0.15, -0.1) is 0 Å². The fourth-order valence-corrected chi connectivity index (χ4v) is 4.40. The molecule has 0 amide bonds. The van der Waals surface area contributed by atoms with E-state index in [9.17, 15) is 30.6 Å². The van der Waals surface area contributed by atoms with Gasteiger partial charge in [-0.2, -0.15) is 0 Å². The minimum absolute atomic E-state index is 0.0951. The van der Waals surface area contributed by atoms with Crippen LogP contribution in [0.4, 0.5) is 0 Å². The van der Waals surface area contributed by atoms with Crippen LogP contribution in [0.15, 0.2) is 0 Å². The Morgan fingerprint density at radius 3 is 1.91 bits per heavy atom. The van der Waals surface area contributed by atoms with Gasteiger partial charge in [-0.05, 0) is 6.42 Å². The molecular weight excluding hydrogens is 432 g/mol. The number of ether oxygens (including phenoxy) is 4. The molecule has 1 saturated carbocycles. The van der Waals surface area contributed by atoms with Gasteiger partial charge in [-0.3, -0.25) is 0 Å². The predicted molar refractivity (Wildman–Crippen MR) is 106 cm³/mol. The fraction of sp³-hybridized carbons (Fsp3) is 1.00. The quantitative estimate of drug-likeness (QED) is 0.174. The molecule has 0 radical (unpaired) electrons. The monoisotopic (exact) mass is 468 g/mol. The number of hydrogen-bond donors (Lipinski definition) is 10. The first-order chi connectivity index (χ1) is 15.1. The fourth-order valence-electron chi connectivity index (χ4n) is 4.40. The summed E-state index contributed by atoms with van der Waals surface area (Å²) in [6.45, 7) is -0.615. The van der Waals surface area contributed by atoms with Gasteiger partial charge in [0.25, 0.3) is 0 Å². The van der Waals surface area contributed by atoms with E-state index in [0.29, 0.717) is 0 Å². The van der Waals surface area contributed by atoms with E-state index in [4.69, 9.17) is 41.9 Å². The highest BCUT2D eigenvalue weighted by Gasteiger charge is 2.50. The maximum absolute atomic E-state index is 10.9. The predicted octanol–water partition coefficient (Wildman–Crippen LogP) is -6.26. The lowest BCUT2D eigenvalue weighted by molar-refractivity contribution is -0.325. The molecule has 3 rings (SSSR count). The first-order valence-electron chi connectivity index (χ1n) is 10.7. The highest BCUT2D eigenvalue weighted by molar-refractivity contribution is 5.00. The molecule has 1 aliphatic carbocycles. The van der Waals surface area contributed by atoms with Gasteiger partial charge in [0.2, 0.25) is 0 Å². The minimum Gasteiger partial charge on any atom is -0.394 e. The van der Waals surface area contributed by atoms with Crippen molar-refractivity contribution < 1.29 is 49.6 Å². The third kappa shape index (κ3) is 5.24. The second kappa shape index (κ2) is 10.8. The normalized spacial score (nSPS) is 52.7. The molecule has 32 heavy (non-hydrogen) atoms. The SMILES string of the molecule is NCC1OC(OC2C(N)CC(N)C(OC3CC(N)C(O)C(CO)O3)C2O)C(O)C(O)C1O. The van der Waals surface area contributed by atoms with Crippen molar-refractivity contribution in [3.63, 3.8) is 0 Å². The summed E-state index contributed by atoms with van der Waals surface area (Å²) in [6, 6.07) is -2.19. The lowest BCUT2D eigenvalue weighted by Gasteiger charge is -2.47. The molecule has 0 bridgehead atoms. The van der Waals surface area contributed by atoms with E-state index < -0.39 is 92.2 Å². The molecule has 2 aliphatic heterocycles. The van der Waals surface area contributed by atoms with Crippen LogP contribution in [0.1, 0.15) is 12.8 Å². The molecule has 3 aliphatic rings. The topological polar surface area (TPSA) is 262 Å². The van der Waals surface area contributed by atoms with Crippen LogP contribution in [-0.2, 0) is 18.9 Å². The third-order valence-electron chi connectivity index (χ3n) is 6.35. The molecule has 2 saturated heterocycles. The maximum atomic E-state index is 10.9. The van der Waals surface area contributed by atoms with Crippen molar-refractivity contribution in [3.8, 4) is 0 Å². The van der Waals surface area contributed by atoms with E-state index in [-0.39, 0.29) is 19.4 Å². The summed E-state index contributed by atoms with van der Waals surface area (Å²) >= 11 is 0. The molecule has 14 atom stereocenters. The van der Waals surface area contributed by atoms with Crippen LogP contribution < -0.4 is 22.9 Å². The van der Waals surface area contributed by atoms with Gasteiger partial charge < -0.3 is 72.5 Å². The molecule has 14 heteroatoms. The molecular formula is C18H36N4O10. The van der Waals surface area contributed by atoms with Gasteiger partial charge in [0.15, 0.2) is 12.6 Å². The number of nitrogens with two attached hydrogens (primary N) is 4. The summed E-state index contributed by atoms with van der Waals surface area (Å²) < 4.78 is 22.5. The highest BCUT2D eigenvalue weighted by atomic mass is 16.7. The molecule has 14 unspecified atom stereocenters. The molecule has 3 fully saturated rings. The summed E-state index contributed by atoms with van der Waals surface area (Å²) in [7, 11) is 0. The Morgan fingerprint density at radius 2 is 1.31 bits per heavy atom. The molecule has 14 nitrogen and oxygen atoms in total. The second-order valence-electron chi connectivity index (χ2n) is 8.68.